The molecule has 0 bridgehead atoms. The summed E-state index contributed by atoms with van der Waals surface area (Å²) in [6.45, 7) is 7.04. The number of anilines is 2. The molecule has 1 aromatic rings. The number of carbonyl (C=O) groups excluding carboxylic acids is 1. The Morgan fingerprint density at radius 3 is 2.62 bits per heavy atom. The van der Waals surface area contributed by atoms with Gasteiger partial charge in [0.15, 0.2) is 0 Å². The fraction of sp³-hybridized carbons (Fsp3) is 0.588. The quantitative estimate of drug-likeness (QED) is 0.879. The van der Waals surface area contributed by atoms with Crippen LogP contribution in [0.15, 0.2) is 24.3 Å². The van der Waals surface area contributed by atoms with E-state index < -0.39 is 0 Å². The summed E-state index contributed by atoms with van der Waals surface area (Å²) in [7, 11) is 0. The highest BCUT2D eigenvalue weighted by Gasteiger charge is 2.33. The summed E-state index contributed by atoms with van der Waals surface area (Å²) in [5, 5.41) is 6.73. The summed E-state index contributed by atoms with van der Waals surface area (Å²) >= 11 is 0. The third-order valence-electron chi connectivity index (χ3n) is 5.19. The van der Waals surface area contributed by atoms with Crippen molar-refractivity contribution in [2.75, 3.05) is 30.3 Å². The molecule has 1 amide bonds. The van der Waals surface area contributed by atoms with Gasteiger partial charge in [0.2, 0.25) is 5.91 Å². The number of fused-ring (bicyclic) bond motifs is 1. The Bertz CT molecular complexity index is 521. The number of amides is 1. The Labute approximate surface area is 126 Å². The molecular formula is C17H25N3O. The number of benzene rings is 1. The number of hydrogen-bond acceptors (Lipinski definition) is 3. The van der Waals surface area contributed by atoms with Crippen LogP contribution in [-0.2, 0) is 4.79 Å². The Balaban J connectivity index is 1.63. The van der Waals surface area contributed by atoms with Crippen molar-refractivity contribution in [2.24, 2.45) is 5.41 Å². The van der Waals surface area contributed by atoms with Crippen molar-refractivity contribution in [1.29, 1.82) is 0 Å². The lowest BCUT2D eigenvalue weighted by Gasteiger charge is -2.41. The van der Waals surface area contributed by atoms with Crippen molar-refractivity contribution in [3.8, 4) is 0 Å². The molecule has 2 aliphatic rings. The number of piperidine rings is 1. The van der Waals surface area contributed by atoms with Gasteiger partial charge in [0, 0.05) is 19.6 Å². The number of nitrogens with one attached hydrogen (secondary N) is 2. The van der Waals surface area contributed by atoms with Gasteiger partial charge in [-0.1, -0.05) is 32.4 Å². The van der Waals surface area contributed by atoms with Gasteiger partial charge in [0.25, 0.3) is 0 Å². The molecule has 4 heteroatoms. The van der Waals surface area contributed by atoms with Gasteiger partial charge in [-0.25, -0.2) is 0 Å². The van der Waals surface area contributed by atoms with Crippen LogP contribution in [0.5, 0.6) is 0 Å². The van der Waals surface area contributed by atoms with Gasteiger partial charge in [-0.3, -0.25) is 4.79 Å². The molecule has 0 spiro atoms. The minimum atomic E-state index is -0.147. The van der Waals surface area contributed by atoms with E-state index in [1.807, 2.05) is 29.2 Å². The molecule has 1 unspecified atom stereocenters. The second kappa shape index (κ2) is 5.58. The van der Waals surface area contributed by atoms with Crippen LogP contribution in [0.2, 0.25) is 0 Å². The first-order valence-electron chi connectivity index (χ1n) is 7.99. The molecule has 1 aromatic carbocycles. The molecule has 2 N–H and O–H groups in total. The van der Waals surface area contributed by atoms with Gasteiger partial charge < -0.3 is 15.5 Å². The standard InChI is InChI=1S/C17H25N3O/c1-3-17(2)8-10-20(11-9-17)16(21)15-12-18-13-6-4-5-7-14(13)19-15/h4-7,15,18-19H,3,8-12H2,1-2H3. The number of carbonyl (C=O) groups is 1. The lowest BCUT2D eigenvalue weighted by molar-refractivity contribution is -0.134. The molecule has 1 fully saturated rings. The van der Waals surface area contributed by atoms with E-state index in [4.69, 9.17) is 0 Å². The van der Waals surface area contributed by atoms with Crippen molar-refractivity contribution >= 4 is 17.3 Å². The Morgan fingerprint density at radius 2 is 1.95 bits per heavy atom. The SMILES string of the molecule is CCC1(C)CCN(C(=O)C2CNc3ccccc3N2)CC1. The average Bonchev–Trinajstić information content (AvgIpc) is 2.54. The topological polar surface area (TPSA) is 44.4 Å². The zero-order valence-electron chi connectivity index (χ0n) is 13.0. The van der Waals surface area contributed by atoms with Gasteiger partial charge in [-0.2, -0.15) is 0 Å². The second-order valence-electron chi connectivity index (χ2n) is 6.61. The van der Waals surface area contributed by atoms with E-state index >= 15 is 0 Å². The van der Waals surface area contributed by atoms with E-state index in [0.717, 1.165) is 37.3 Å². The third-order valence-corrected chi connectivity index (χ3v) is 5.19. The zero-order chi connectivity index (χ0) is 14.9. The molecule has 3 rings (SSSR count). The molecule has 2 heterocycles. The average molecular weight is 287 g/mol. The van der Waals surface area contributed by atoms with Gasteiger partial charge in [0.1, 0.15) is 6.04 Å². The van der Waals surface area contributed by atoms with Crippen LogP contribution in [-0.4, -0.2) is 36.5 Å². The normalized spacial score (nSPS) is 23.7. The van der Waals surface area contributed by atoms with E-state index in [0.29, 0.717) is 12.0 Å². The third kappa shape index (κ3) is 2.85. The monoisotopic (exact) mass is 287 g/mol. The van der Waals surface area contributed by atoms with Crippen molar-refractivity contribution in [2.45, 2.75) is 39.2 Å². The fourth-order valence-corrected chi connectivity index (χ4v) is 3.20. The summed E-state index contributed by atoms with van der Waals surface area (Å²) < 4.78 is 0. The maximum atomic E-state index is 12.7. The Morgan fingerprint density at radius 1 is 1.29 bits per heavy atom. The molecule has 0 radical (unpaired) electrons. The van der Waals surface area contributed by atoms with E-state index in [1.54, 1.807) is 0 Å². The molecule has 1 atom stereocenters. The summed E-state index contributed by atoms with van der Waals surface area (Å²) in [5.41, 5.74) is 2.53. The number of nitrogens with zero attached hydrogens (tertiary/aromatic N) is 1. The highest BCUT2D eigenvalue weighted by atomic mass is 16.2. The highest BCUT2D eigenvalue weighted by Crippen LogP contribution is 2.34. The molecule has 0 aromatic heterocycles. The number of rotatable bonds is 2. The molecular weight excluding hydrogens is 262 g/mol. The van der Waals surface area contributed by atoms with Crippen LogP contribution in [0.3, 0.4) is 0 Å². The maximum Gasteiger partial charge on any atom is 0.246 e. The summed E-state index contributed by atoms with van der Waals surface area (Å²) in [5.74, 6) is 0.232. The van der Waals surface area contributed by atoms with Crippen LogP contribution in [0.4, 0.5) is 11.4 Å². The lowest BCUT2D eigenvalue weighted by atomic mass is 9.78. The first kappa shape index (κ1) is 14.2. The first-order chi connectivity index (χ1) is 10.1. The molecule has 4 nitrogen and oxygen atoms in total. The van der Waals surface area contributed by atoms with Gasteiger partial charge in [-0.05, 0) is 30.4 Å². The van der Waals surface area contributed by atoms with Crippen LogP contribution in [0.1, 0.15) is 33.1 Å². The Hall–Kier alpha value is -1.71. The van der Waals surface area contributed by atoms with Gasteiger partial charge in [-0.15, -0.1) is 0 Å². The fourth-order valence-electron chi connectivity index (χ4n) is 3.20. The minimum Gasteiger partial charge on any atom is -0.381 e. The second-order valence-corrected chi connectivity index (χ2v) is 6.61. The van der Waals surface area contributed by atoms with Crippen molar-refractivity contribution in [3.63, 3.8) is 0 Å². The molecule has 2 aliphatic heterocycles. The zero-order valence-corrected chi connectivity index (χ0v) is 13.0. The molecule has 21 heavy (non-hydrogen) atoms. The van der Waals surface area contributed by atoms with Gasteiger partial charge >= 0.3 is 0 Å². The van der Waals surface area contributed by atoms with Crippen LogP contribution in [0.25, 0.3) is 0 Å². The van der Waals surface area contributed by atoms with Crippen molar-refractivity contribution in [1.82, 2.24) is 4.90 Å². The Kier molecular flexibility index (Phi) is 3.79. The van der Waals surface area contributed by atoms with E-state index in [1.165, 1.54) is 6.42 Å². The lowest BCUT2D eigenvalue weighted by Crippen LogP contribution is -2.51. The van der Waals surface area contributed by atoms with Crippen LogP contribution >= 0.6 is 0 Å². The van der Waals surface area contributed by atoms with Crippen LogP contribution in [0, 0.1) is 5.41 Å². The molecule has 0 saturated carbocycles. The van der Waals surface area contributed by atoms with E-state index in [9.17, 15) is 4.79 Å². The van der Waals surface area contributed by atoms with Crippen LogP contribution < -0.4 is 10.6 Å². The smallest absolute Gasteiger partial charge is 0.246 e. The molecule has 1 saturated heterocycles. The van der Waals surface area contributed by atoms with E-state index in [-0.39, 0.29) is 11.9 Å². The predicted molar refractivity (Wildman–Crippen MR) is 86.6 cm³/mol. The summed E-state index contributed by atoms with van der Waals surface area (Å²) in [6, 6.07) is 7.91. The first-order valence-corrected chi connectivity index (χ1v) is 7.99. The minimum absolute atomic E-state index is 0.147. The van der Waals surface area contributed by atoms with Crippen molar-refractivity contribution in [3.05, 3.63) is 24.3 Å². The van der Waals surface area contributed by atoms with Crippen molar-refractivity contribution < 1.29 is 4.79 Å². The van der Waals surface area contributed by atoms with E-state index in [2.05, 4.69) is 24.5 Å². The van der Waals surface area contributed by atoms with Gasteiger partial charge in [0.05, 0.1) is 11.4 Å². The largest absolute Gasteiger partial charge is 0.381 e. The predicted octanol–water partition coefficient (Wildman–Crippen LogP) is 2.93. The molecule has 114 valence electrons. The summed E-state index contributed by atoms with van der Waals surface area (Å²) in [6.07, 6.45) is 3.43. The molecule has 0 aliphatic carbocycles. The summed E-state index contributed by atoms with van der Waals surface area (Å²) in [4.78, 5) is 14.7. The number of likely N-dealkylation sites (tertiary alicyclic amines) is 1. The number of hydrogen-bond donors (Lipinski definition) is 2. The maximum absolute atomic E-state index is 12.7. The number of para-hydroxylation sites is 2. The highest BCUT2D eigenvalue weighted by molar-refractivity contribution is 5.88.